The van der Waals surface area contributed by atoms with Crippen LogP contribution in [0.5, 0.6) is 5.75 Å². The quantitative estimate of drug-likeness (QED) is 0.247. The molecule has 1 aliphatic rings. The SMILES string of the molecule is CNC(=O)c1c(-c2ccc(F)cc2)oc2ccc(-c3cc(C(=O)N(c4cccnn4)C4CC4)c(OC)cc3C)c(F)c12. The number of ether oxygens (including phenoxy) is 1. The van der Waals surface area contributed by atoms with Gasteiger partial charge < -0.3 is 14.5 Å². The fraction of sp³-hybridized carbons (Fsp3) is 0.188. The number of carbonyl (C=O) groups is 2. The van der Waals surface area contributed by atoms with E-state index in [1.807, 2.05) is 0 Å². The normalized spacial score (nSPS) is 12.8. The summed E-state index contributed by atoms with van der Waals surface area (Å²) in [5.74, 6) is -1.17. The molecule has 5 aromatic rings. The summed E-state index contributed by atoms with van der Waals surface area (Å²) in [7, 11) is 2.91. The number of hydrogen-bond donors (Lipinski definition) is 1. The Kier molecular flexibility index (Phi) is 6.89. The van der Waals surface area contributed by atoms with E-state index in [9.17, 15) is 14.0 Å². The van der Waals surface area contributed by atoms with E-state index in [0.29, 0.717) is 28.3 Å². The molecule has 0 spiro atoms. The average Bonchev–Trinajstić information content (AvgIpc) is 3.76. The lowest BCUT2D eigenvalue weighted by Crippen LogP contribution is -2.34. The molecule has 2 aromatic heterocycles. The molecule has 1 aliphatic carbocycles. The average molecular weight is 569 g/mol. The number of amides is 2. The van der Waals surface area contributed by atoms with Crippen LogP contribution in [0, 0.1) is 18.6 Å². The van der Waals surface area contributed by atoms with Crippen molar-refractivity contribution in [3.63, 3.8) is 0 Å². The molecule has 212 valence electrons. The molecule has 0 unspecified atom stereocenters. The summed E-state index contributed by atoms with van der Waals surface area (Å²) in [5, 5.41) is 10.6. The Bertz CT molecular complexity index is 1830. The Labute approximate surface area is 239 Å². The Morgan fingerprint density at radius 2 is 1.81 bits per heavy atom. The van der Waals surface area contributed by atoms with E-state index in [0.717, 1.165) is 12.8 Å². The highest BCUT2D eigenvalue weighted by atomic mass is 19.1. The number of anilines is 1. The van der Waals surface area contributed by atoms with Gasteiger partial charge in [-0.15, -0.1) is 5.10 Å². The summed E-state index contributed by atoms with van der Waals surface area (Å²) >= 11 is 0. The lowest BCUT2D eigenvalue weighted by molar-refractivity contribution is 0.0961. The summed E-state index contributed by atoms with van der Waals surface area (Å²) in [4.78, 5) is 28.6. The van der Waals surface area contributed by atoms with Crippen LogP contribution in [-0.2, 0) is 0 Å². The number of hydrogen-bond acceptors (Lipinski definition) is 6. The minimum atomic E-state index is -0.692. The Morgan fingerprint density at radius 1 is 1.05 bits per heavy atom. The molecule has 8 nitrogen and oxygen atoms in total. The number of furan rings is 1. The van der Waals surface area contributed by atoms with Gasteiger partial charge in [0.1, 0.15) is 28.7 Å². The number of nitrogens with zero attached hydrogens (tertiary/aromatic N) is 3. The molecular formula is C32H26F2N4O4. The Morgan fingerprint density at radius 3 is 2.45 bits per heavy atom. The van der Waals surface area contributed by atoms with Gasteiger partial charge in [-0.1, -0.05) is 0 Å². The maximum Gasteiger partial charge on any atom is 0.263 e. The van der Waals surface area contributed by atoms with E-state index in [4.69, 9.17) is 9.15 Å². The minimum absolute atomic E-state index is 0.0107. The van der Waals surface area contributed by atoms with Gasteiger partial charge in [-0.3, -0.25) is 14.5 Å². The molecule has 1 fully saturated rings. The van der Waals surface area contributed by atoms with Gasteiger partial charge in [0.2, 0.25) is 0 Å². The van der Waals surface area contributed by atoms with Gasteiger partial charge in [-0.2, -0.15) is 5.10 Å². The summed E-state index contributed by atoms with van der Waals surface area (Å²) in [6, 6.07) is 15.2. The molecule has 0 saturated heterocycles. The number of halogens is 2. The monoisotopic (exact) mass is 568 g/mol. The first-order chi connectivity index (χ1) is 20.3. The lowest BCUT2D eigenvalue weighted by atomic mass is 9.94. The molecule has 42 heavy (non-hydrogen) atoms. The highest BCUT2D eigenvalue weighted by molar-refractivity contribution is 6.12. The third-order valence-electron chi connectivity index (χ3n) is 7.36. The van der Waals surface area contributed by atoms with E-state index < -0.39 is 17.5 Å². The van der Waals surface area contributed by atoms with E-state index >= 15 is 4.39 Å². The van der Waals surface area contributed by atoms with Crippen molar-refractivity contribution in [3.8, 4) is 28.2 Å². The van der Waals surface area contributed by atoms with Crippen molar-refractivity contribution >= 4 is 28.6 Å². The number of rotatable bonds is 7. The molecule has 0 radical (unpaired) electrons. The summed E-state index contributed by atoms with van der Waals surface area (Å²) in [6.45, 7) is 1.79. The number of carbonyl (C=O) groups excluding carboxylic acids is 2. The molecule has 0 aliphatic heterocycles. The summed E-state index contributed by atoms with van der Waals surface area (Å²) in [5.41, 5.74) is 2.07. The molecule has 3 aromatic carbocycles. The third-order valence-corrected chi connectivity index (χ3v) is 7.36. The minimum Gasteiger partial charge on any atom is -0.496 e. The van der Waals surface area contributed by atoms with E-state index in [-0.39, 0.29) is 45.4 Å². The molecule has 1 saturated carbocycles. The Balaban J connectivity index is 1.52. The zero-order chi connectivity index (χ0) is 29.5. The molecule has 6 rings (SSSR count). The van der Waals surface area contributed by atoms with Crippen molar-refractivity contribution in [3.05, 3.63) is 95.2 Å². The smallest absolute Gasteiger partial charge is 0.263 e. The van der Waals surface area contributed by atoms with E-state index in [1.165, 1.54) is 44.6 Å². The number of fused-ring (bicyclic) bond motifs is 1. The van der Waals surface area contributed by atoms with E-state index in [1.54, 1.807) is 48.2 Å². The molecule has 0 bridgehead atoms. The second-order valence-corrected chi connectivity index (χ2v) is 10.0. The van der Waals surface area contributed by atoms with Crippen LogP contribution in [0.1, 0.15) is 39.1 Å². The number of nitrogens with one attached hydrogen (secondary N) is 1. The first kappa shape index (κ1) is 27.1. The molecule has 2 amide bonds. The van der Waals surface area contributed by atoms with Gasteiger partial charge in [-0.05, 0) is 91.6 Å². The maximum absolute atomic E-state index is 16.5. The van der Waals surface area contributed by atoms with Gasteiger partial charge in [0.25, 0.3) is 11.8 Å². The molecule has 1 N–H and O–H groups in total. The van der Waals surface area contributed by atoms with Crippen molar-refractivity contribution in [2.75, 3.05) is 19.1 Å². The second-order valence-electron chi connectivity index (χ2n) is 10.0. The van der Waals surface area contributed by atoms with E-state index in [2.05, 4.69) is 15.5 Å². The fourth-order valence-electron chi connectivity index (χ4n) is 5.15. The number of benzene rings is 3. The van der Waals surface area contributed by atoms with Crippen LogP contribution in [-0.4, -0.2) is 42.2 Å². The summed E-state index contributed by atoms with van der Waals surface area (Å²) < 4.78 is 41.6. The predicted molar refractivity (Wildman–Crippen MR) is 154 cm³/mol. The van der Waals surface area contributed by atoms with Gasteiger partial charge in [0.15, 0.2) is 5.82 Å². The van der Waals surface area contributed by atoms with Crippen LogP contribution in [0.25, 0.3) is 33.4 Å². The Hall–Kier alpha value is -5.12. The zero-order valence-corrected chi connectivity index (χ0v) is 23.1. The van der Waals surface area contributed by atoms with Crippen LogP contribution < -0.4 is 15.0 Å². The lowest BCUT2D eigenvalue weighted by Gasteiger charge is -2.23. The van der Waals surface area contributed by atoms with Crippen molar-refractivity contribution in [2.45, 2.75) is 25.8 Å². The van der Waals surface area contributed by atoms with Crippen molar-refractivity contribution in [1.29, 1.82) is 0 Å². The van der Waals surface area contributed by atoms with Crippen molar-refractivity contribution in [2.24, 2.45) is 0 Å². The van der Waals surface area contributed by atoms with Crippen molar-refractivity contribution < 1.29 is 27.5 Å². The van der Waals surface area contributed by atoms with Gasteiger partial charge in [0.05, 0.1) is 23.6 Å². The van der Waals surface area contributed by atoms with Crippen LogP contribution in [0.2, 0.25) is 0 Å². The van der Waals surface area contributed by atoms with Crippen LogP contribution in [0.4, 0.5) is 14.6 Å². The first-order valence-electron chi connectivity index (χ1n) is 13.4. The molecule has 10 heteroatoms. The number of aromatic nitrogens is 2. The highest BCUT2D eigenvalue weighted by Crippen LogP contribution is 2.41. The van der Waals surface area contributed by atoms with Crippen molar-refractivity contribution in [1.82, 2.24) is 15.5 Å². The number of aryl methyl sites for hydroxylation is 1. The number of methoxy groups -OCH3 is 1. The van der Waals surface area contributed by atoms with Gasteiger partial charge >= 0.3 is 0 Å². The van der Waals surface area contributed by atoms with Crippen LogP contribution in [0.3, 0.4) is 0 Å². The van der Waals surface area contributed by atoms with Crippen LogP contribution >= 0.6 is 0 Å². The maximum atomic E-state index is 16.5. The van der Waals surface area contributed by atoms with Crippen LogP contribution in [0.15, 0.2) is 71.3 Å². The van der Waals surface area contributed by atoms with Gasteiger partial charge in [0, 0.05) is 30.4 Å². The standard InChI is InChI=1S/C32H26F2N4O4/c1-17-15-25(41-3)23(32(40)38(20-10-11-20)26-5-4-14-36-37-26)16-22(17)21-12-13-24-27(29(21)34)28(31(39)35-2)30(42-24)18-6-8-19(33)9-7-18/h4-9,12-16,20H,10-11H2,1-3H3,(H,35,39). The zero-order valence-electron chi connectivity index (χ0n) is 23.1. The first-order valence-corrected chi connectivity index (χ1v) is 13.4. The topological polar surface area (TPSA) is 97.6 Å². The van der Waals surface area contributed by atoms with Gasteiger partial charge in [-0.25, -0.2) is 8.78 Å². The summed E-state index contributed by atoms with van der Waals surface area (Å²) in [6.07, 6.45) is 3.19. The second kappa shape index (κ2) is 10.7. The fourth-order valence-corrected chi connectivity index (χ4v) is 5.15. The molecule has 2 heterocycles. The highest BCUT2D eigenvalue weighted by Gasteiger charge is 2.37. The predicted octanol–water partition coefficient (Wildman–Crippen LogP) is 6.32. The largest absolute Gasteiger partial charge is 0.496 e. The molecule has 0 atom stereocenters. The third kappa shape index (κ3) is 4.64. The molecular weight excluding hydrogens is 542 g/mol.